The minimum absolute atomic E-state index is 0. The molecule has 0 radical (unpaired) electrons. The summed E-state index contributed by atoms with van der Waals surface area (Å²) in [6.45, 7) is 3.56. The number of benzene rings is 2. The van der Waals surface area contributed by atoms with Gasteiger partial charge < -0.3 is 25.3 Å². The van der Waals surface area contributed by atoms with E-state index in [4.69, 9.17) is 19.9 Å². The Morgan fingerprint density at radius 1 is 1.11 bits per heavy atom. The van der Waals surface area contributed by atoms with E-state index in [0.717, 1.165) is 23.4 Å². The number of nitrogens with one attached hydrogen (secondary N) is 1. The molecule has 0 saturated carbocycles. The zero-order valence-corrected chi connectivity index (χ0v) is 17.7. The van der Waals surface area contributed by atoms with Crippen LogP contribution in [0, 0.1) is 0 Å². The molecular weight excluding hydrogens is 436 g/mol. The number of hydrogen-bond acceptors (Lipinski definition) is 5. The predicted molar refractivity (Wildman–Crippen MR) is 111 cm³/mol. The second-order valence-corrected chi connectivity index (χ2v) is 6.40. The second-order valence-electron chi connectivity index (χ2n) is 5.54. The topological polar surface area (TPSA) is 82.8 Å². The standard InChI is InChI=1S/C19H23BrN2O4.ClH/c1-3-25-17-9-14(8-16(20)19(17)26-12-18(21)23)11-22-10-13-4-6-15(24-2)7-5-13;/h4-9,22H,3,10-12H2,1-2H3,(H2,21,23);1H. The Morgan fingerprint density at radius 2 is 1.78 bits per heavy atom. The van der Waals surface area contributed by atoms with Crippen molar-refractivity contribution in [3.05, 3.63) is 52.0 Å². The molecule has 1 amide bonds. The maximum Gasteiger partial charge on any atom is 0.255 e. The van der Waals surface area contributed by atoms with Crippen LogP contribution < -0.4 is 25.3 Å². The SMILES string of the molecule is CCOc1cc(CNCc2ccc(OC)cc2)cc(Br)c1OCC(N)=O.Cl. The number of carbonyl (C=O) groups excluding carboxylic acids is 1. The Balaban J connectivity index is 0.00000364. The summed E-state index contributed by atoms with van der Waals surface area (Å²) in [5.74, 6) is 1.35. The number of hydrogen-bond donors (Lipinski definition) is 2. The monoisotopic (exact) mass is 458 g/mol. The van der Waals surface area contributed by atoms with Crippen molar-refractivity contribution in [3.8, 4) is 17.2 Å². The number of nitrogens with two attached hydrogens (primary N) is 1. The van der Waals surface area contributed by atoms with Crippen LogP contribution in [0.25, 0.3) is 0 Å². The summed E-state index contributed by atoms with van der Waals surface area (Å²) < 4.78 is 17.0. The van der Waals surface area contributed by atoms with Crippen molar-refractivity contribution in [1.82, 2.24) is 5.32 Å². The van der Waals surface area contributed by atoms with Crippen LogP contribution in [0.4, 0.5) is 0 Å². The molecule has 0 aliphatic heterocycles. The van der Waals surface area contributed by atoms with Crippen LogP contribution in [-0.4, -0.2) is 26.2 Å². The zero-order valence-electron chi connectivity index (χ0n) is 15.3. The number of amides is 1. The summed E-state index contributed by atoms with van der Waals surface area (Å²) in [5, 5.41) is 3.39. The highest BCUT2D eigenvalue weighted by atomic mass is 79.9. The third kappa shape index (κ3) is 7.28. The zero-order chi connectivity index (χ0) is 18.9. The Hall–Kier alpha value is -1.96. The molecule has 0 spiro atoms. The fraction of sp³-hybridized carbons (Fsp3) is 0.316. The van der Waals surface area contributed by atoms with Gasteiger partial charge in [0, 0.05) is 13.1 Å². The average Bonchev–Trinajstić information content (AvgIpc) is 2.61. The normalized spacial score (nSPS) is 10.0. The fourth-order valence-electron chi connectivity index (χ4n) is 2.36. The van der Waals surface area contributed by atoms with E-state index in [9.17, 15) is 4.79 Å². The molecule has 3 N–H and O–H groups in total. The van der Waals surface area contributed by atoms with Gasteiger partial charge in [-0.15, -0.1) is 12.4 Å². The predicted octanol–water partition coefficient (Wildman–Crippen LogP) is 3.43. The van der Waals surface area contributed by atoms with Gasteiger partial charge in [0.25, 0.3) is 5.91 Å². The summed E-state index contributed by atoms with van der Waals surface area (Å²) in [5.41, 5.74) is 7.34. The van der Waals surface area contributed by atoms with Gasteiger partial charge in [-0.2, -0.15) is 0 Å². The maximum absolute atomic E-state index is 11.0. The van der Waals surface area contributed by atoms with Crippen molar-refractivity contribution in [2.75, 3.05) is 20.3 Å². The first kappa shape index (κ1) is 23.1. The molecule has 2 rings (SSSR count). The molecule has 0 aliphatic carbocycles. The number of carbonyl (C=O) groups is 1. The van der Waals surface area contributed by atoms with Crippen LogP contribution in [0.3, 0.4) is 0 Å². The smallest absolute Gasteiger partial charge is 0.255 e. The Labute approximate surface area is 173 Å². The molecule has 2 aromatic rings. The molecule has 0 atom stereocenters. The van der Waals surface area contributed by atoms with E-state index in [1.54, 1.807) is 7.11 Å². The summed E-state index contributed by atoms with van der Waals surface area (Å²) in [6.07, 6.45) is 0. The van der Waals surface area contributed by atoms with Crippen LogP contribution in [0.1, 0.15) is 18.1 Å². The van der Waals surface area contributed by atoms with E-state index in [1.807, 2.05) is 43.3 Å². The Bertz CT molecular complexity index is 741. The molecule has 6 nitrogen and oxygen atoms in total. The van der Waals surface area contributed by atoms with E-state index in [1.165, 1.54) is 0 Å². The van der Waals surface area contributed by atoms with Gasteiger partial charge in [-0.05, 0) is 58.2 Å². The van der Waals surface area contributed by atoms with Crippen LogP contribution >= 0.6 is 28.3 Å². The van der Waals surface area contributed by atoms with Crippen LogP contribution in [0.5, 0.6) is 17.2 Å². The number of ether oxygens (including phenoxy) is 3. The molecule has 0 unspecified atom stereocenters. The lowest BCUT2D eigenvalue weighted by atomic mass is 10.1. The summed E-state index contributed by atoms with van der Waals surface area (Å²) >= 11 is 3.47. The van der Waals surface area contributed by atoms with Crippen molar-refractivity contribution in [3.63, 3.8) is 0 Å². The van der Waals surface area contributed by atoms with Crippen LogP contribution in [0.2, 0.25) is 0 Å². The van der Waals surface area contributed by atoms with Gasteiger partial charge in [-0.1, -0.05) is 12.1 Å². The van der Waals surface area contributed by atoms with E-state index < -0.39 is 5.91 Å². The second kappa shape index (κ2) is 11.7. The first-order valence-electron chi connectivity index (χ1n) is 8.23. The van der Waals surface area contributed by atoms with Crippen molar-refractivity contribution in [1.29, 1.82) is 0 Å². The lowest BCUT2D eigenvalue weighted by Crippen LogP contribution is -2.20. The molecule has 148 valence electrons. The largest absolute Gasteiger partial charge is 0.497 e. The molecule has 0 fully saturated rings. The molecule has 27 heavy (non-hydrogen) atoms. The van der Waals surface area contributed by atoms with Gasteiger partial charge in [-0.25, -0.2) is 0 Å². The van der Waals surface area contributed by atoms with Gasteiger partial charge >= 0.3 is 0 Å². The molecule has 0 aromatic heterocycles. The number of methoxy groups -OCH3 is 1. The van der Waals surface area contributed by atoms with Gasteiger partial charge in [0.1, 0.15) is 5.75 Å². The highest BCUT2D eigenvalue weighted by molar-refractivity contribution is 9.10. The summed E-state index contributed by atoms with van der Waals surface area (Å²) in [4.78, 5) is 11.0. The van der Waals surface area contributed by atoms with Crippen molar-refractivity contribution < 1.29 is 19.0 Å². The highest BCUT2D eigenvalue weighted by Gasteiger charge is 2.13. The van der Waals surface area contributed by atoms with E-state index in [2.05, 4.69) is 21.2 Å². The minimum atomic E-state index is -0.537. The first-order valence-corrected chi connectivity index (χ1v) is 9.02. The Kier molecular flexibility index (Phi) is 9.99. The summed E-state index contributed by atoms with van der Waals surface area (Å²) in [6, 6.07) is 11.7. The van der Waals surface area contributed by atoms with Gasteiger partial charge in [0.05, 0.1) is 18.2 Å². The lowest BCUT2D eigenvalue weighted by Gasteiger charge is -2.15. The summed E-state index contributed by atoms with van der Waals surface area (Å²) in [7, 11) is 1.65. The van der Waals surface area contributed by atoms with Gasteiger partial charge in [-0.3, -0.25) is 4.79 Å². The van der Waals surface area contributed by atoms with E-state index in [0.29, 0.717) is 29.1 Å². The molecule has 0 aliphatic rings. The third-order valence-electron chi connectivity index (χ3n) is 3.55. The molecule has 8 heteroatoms. The third-order valence-corrected chi connectivity index (χ3v) is 4.13. The van der Waals surface area contributed by atoms with Gasteiger partial charge in [0.15, 0.2) is 18.1 Å². The fourth-order valence-corrected chi connectivity index (χ4v) is 2.97. The van der Waals surface area contributed by atoms with Crippen molar-refractivity contribution in [2.24, 2.45) is 5.73 Å². The van der Waals surface area contributed by atoms with Crippen LogP contribution in [-0.2, 0) is 17.9 Å². The minimum Gasteiger partial charge on any atom is -0.497 e. The van der Waals surface area contributed by atoms with Gasteiger partial charge in [0.2, 0.25) is 0 Å². The molecule has 0 saturated heterocycles. The average molecular weight is 460 g/mol. The molecule has 0 heterocycles. The van der Waals surface area contributed by atoms with Crippen LogP contribution in [0.15, 0.2) is 40.9 Å². The van der Waals surface area contributed by atoms with Crippen molar-refractivity contribution in [2.45, 2.75) is 20.0 Å². The maximum atomic E-state index is 11.0. The molecular formula is C19H24BrClN2O4. The lowest BCUT2D eigenvalue weighted by molar-refractivity contribution is -0.119. The van der Waals surface area contributed by atoms with Crippen molar-refractivity contribution >= 4 is 34.2 Å². The van der Waals surface area contributed by atoms with E-state index in [-0.39, 0.29) is 19.0 Å². The number of primary amides is 1. The number of rotatable bonds is 10. The Morgan fingerprint density at radius 3 is 2.37 bits per heavy atom. The molecule has 2 aromatic carbocycles. The quantitative estimate of drug-likeness (QED) is 0.569. The molecule has 0 bridgehead atoms. The first-order chi connectivity index (χ1) is 12.5. The number of halogens is 2. The highest BCUT2D eigenvalue weighted by Crippen LogP contribution is 2.37. The van der Waals surface area contributed by atoms with E-state index >= 15 is 0 Å².